The first kappa shape index (κ1) is 11.1. The van der Waals surface area contributed by atoms with E-state index in [4.69, 9.17) is 15.0 Å². The molecule has 1 heterocycles. The summed E-state index contributed by atoms with van der Waals surface area (Å²) in [4.78, 5) is 4.15. The predicted molar refractivity (Wildman–Crippen MR) is 51.7 cm³/mol. The van der Waals surface area contributed by atoms with E-state index in [0.29, 0.717) is 11.7 Å². The number of nitrogens with two attached hydrogens (primary N) is 1. The molecule has 0 aromatic carbocycles. The minimum absolute atomic E-state index is 0.167. The van der Waals surface area contributed by atoms with Gasteiger partial charge in [0.1, 0.15) is 0 Å². The van der Waals surface area contributed by atoms with Crippen LogP contribution >= 0.6 is 0 Å². The highest BCUT2D eigenvalue weighted by molar-refractivity contribution is 4.90. The SMILES string of the molecule is CCOCCCc1nc(C(C)N)no1. The van der Waals surface area contributed by atoms with Crippen molar-refractivity contribution in [2.24, 2.45) is 5.73 Å². The van der Waals surface area contributed by atoms with Crippen LogP contribution in [0, 0.1) is 0 Å². The van der Waals surface area contributed by atoms with Gasteiger partial charge in [0.15, 0.2) is 5.82 Å². The Labute approximate surface area is 83.6 Å². The Balaban J connectivity index is 2.29. The summed E-state index contributed by atoms with van der Waals surface area (Å²) >= 11 is 0. The zero-order valence-electron chi connectivity index (χ0n) is 8.69. The Bertz CT molecular complexity index is 260. The van der Waals surface area contributed by atoms with E-state index in [-0.39, 0.29) is 6.04 Å². The topological polar surface area (TPSA) is 74.2 Å². The van der Waals surface area contributed by atoms with Crippen LogP contribution in [0.25, 0.3) is 0 Å². The lowest BCUT2D eigenvalue weighted by molar-refractivity contribution is 0.143. The van der Waals surface area contributed by atoms with Crippen LogP contribution in [0.3, 0.4) is 0 Å². The first-order valence-corrected chi connectivity index (χ1v) is 4.89. The Kier molecular flexibility index (Phi) is 4.55. The molecule has 0 amide bonds. The second-order valence-electron chi connectivity index (χ2n) is 3.14. The van der Waals surface area contributed by atoms with Gasteiger partial charge in [-0.05, 0) is 20.3 Å². The van der Waals surface area contributed by atoms with E-state index in [9.17, 15) is 0 Å². The van der Waals surface area contributed by atoms with Gasteiger partial charge in [-0.3, -0.25) is 0 Å². The Hall–Kier alpha value is -0.940. The van der Waals surface area contributed by atoms with Crippen LogP contribution in [0.4, 0.5) is 0 Å². The summed E-state index contributed by atoms with van der Waals surface area (Å²) in [5, 5.41) is 3.76. The van der Waals surface area contributed by atoms with E-state index in [0.717, 1.165) is 26.1 Å². The highest BCUT2D eigenvalue weighted by Crippen LogP contribution is 2.06. The molecule has 1 aromatic rings. The molecule has 1 atom stereocenters. The van der Waals surface area contributed by atoms with Crippen LogP contribution in [0.2, 0.25) is 0 Å². The molecule has 0 aliphatic rings. The smallest absolute Gasteiger partial charge is 0.226 e. The lowest BCUT2D eigenvalue weighted by Gasteiger charge is -1.97. The van der Waals surface area contributed by atoms with Gasteiger partial charge in [-0.2, -0.15) is 4.98 Å². The minimum Gasteiger partial charge on any atom is -0.382 e. The van der Waals surface area contributed by atoms with Gasteiger partial charge in [0.05, 0.1) is 6.04 Å². The lowest BCUT2D eigenvalue weighted by atomic mass is 10.3. The molecule has 0 saturated heterocycles. The zero-order valence-corrected chi connectivity index (χ0v) is 8.69. The molecule has 0 spiro atoms. The first-order chi connectivity index (χ1) is 6.74. The maximum atomic E-state index is 5.59. The van der Waals surface area contributed by atoms with Crippen molar-refractivity contribution in [3.8, 4) is 0 Å². The molecule has 0 saturated carbocycles. The van der Waals surface area contributed by atoms with Crippen LogP contribution < -0.4 is 5.73 Å². The van der Waals surface area contributed by atoms with Gasteiger partial charge >= 0.3 is 0 Å². The van der Waals surface area contributed by atoms with E-state index in [1.807, 2.05) is 13.8 Å². The molecule has 14 heavy (non-hydrogen) atoms. The van der Waals surface area contributed by atoms with E-state index in [1.165, 1.54) is 0 Å². The summed E-state index contributed by atoms with van der Waals surface area (Å²) in [7, 11) is 0. The number of hydrogen-bond acceptors (Lipinski definition) is 5. The van der Waals surface area contributed by atoms with Crippen molar-refractivity contribution in [3.05, 3.63) is 11.7 Å². The molecule has 1 unspecified atom stereocenters. The van der Waals surface area contributed by atoms with Crippen molar-refractivity contribution in [1.29, 1.82) is 0 Å². The highest BCUT2D eigenvalue weighted by atomic mass is 16.5. The highest BCUT2D eigenvalue weighted by Gasteiger charge is 2.08. The molecule has 0 aliphatic carbocycles. The van der Waals surface area contributed by atoms with Gasteiger partial charge in [-0.25, -0.2) is 0 Å². The number of aryl methyl sites for hydroxylation is 1. The van der Waals surface area contributed by atoms with Crippen LogP contribution in [-0.2, 0) is 11.2 Å². The van der Waals surface area contributed by atoms with Crippen molar-refractivity contribution in [2.75, 3.05) is 13.2 Å². The molecule has 2 N–H and O–H groups in total. The molecular formula is C9H17N3O2. The fourth-order valence-corrected chi connectivity index (χ4v) is 1.02. The second kappa shape index (κ2) is 5.72. The van der Waals surface area contributed by atoms with Gasteiger partial charge in [0.25, 0.3) is 0 Å². The van der Waals surface area contributed by atoms with Gasteiger partial charge < -0.3 is 15.0 Å². The van der Waals surface area contributed by atoms with Gasteiger partial charge in [0.2, 0.25) is 5.89 Å². The monoisotopic (exact) mass is 199 g/mol. The van der Waals surface area contributed by atoms with E-state index in [1.54, 1.807) is 0 Å². The molecule has 1 rings (SSSR count). The van der Waals surface area contributed by atoms with Crippen molar-refractivity contribution >= 4 is 0 Å². The minimum atomic E-state index is -0.167. The number of rotatable bonds is 6. The third-order valence-electron chi connectivity index (χ3n) is 1.77. The predicted octanol–water partition coefficient (Wildman–Crippen LogP) is 1.06. The largest absolute Gasteiger partial charge is 0.382 e. The fraction of sp³-hybridized carbons (Fsp3) is 0.778. The zero-order chi connectivity index (χ0) is 10.4. The molecular weight excluding hydrogens is 182 g/mol. The van der Waals surface area contributed by atoms with Crippen LogP contribution in [0.1, 0.15) is 38.0 Å². The maximum Gasteiger partial charge on any atom is 0.226 e. The quantitative estimate of drug-likeness (QED) is 0.693. The Morgan fingerprint density at radius 2 is 2.36 bits per heavy atom. The summed E-state index contributed by atoms with van der Waals surface area (Å²) in [6.07, 6.45) is 1.65. The number of ether oxygens (including phenoxy) is 1. The maximum absolute atomic E-state index is 5.59. The lowest BCUT2D eigenvalue weighted by Crippen LogP contribution is -2.06. The van der Waals surface area contributed by atoms with Crippen molar-refractivity contribution in [2.45, 2.75) is 32.7 Å². The fourth-order valence-electron chi connectivity index (χ4n) is 1.02. The molecule has 5 heteroatoms. The van der Waals surface area contributed by atoms with Gasteiger partial charge in [-0.15, -0.1) is 0 Å². The Morgan fingerprint density at radius 1 is 1.57 bits per heavy atom. The van der Waals surface area contributed by atoms with Gasteiger partial charge in [-0.1, -0.05) is 5.16 Å². The first-order valence-electron chi connectivity index (χ1n) is 4.89. The average Bonchev–Trinajstić information content (AvgIpc) is 2.61. The standard InChI is InChI=1S/C9H17N3O2/c1-3-13-6-4-5-8-11-9(7(2)10)12-14-8/h7H,3-6,10H2,1-2H3. The summed E-state index contributed by atoms with van der Waals surface area (Å²) < 4.78 is 10.2. The third-order valence-corrected chi connectivity index (χ3v) is 1.77. The van der Waals surface area contributed by atoms with Gasteiger partial charge in [0, 0.05) is 19.6 Å². The summed E-state index contributed by atoms with van der Waals surface area (Å²) in [5.41, 5.74) is 5.59. The molecule has 1 aromatic heterocycles. The van der Waals surface area contributed by atoms with Crippen LogP contribution in [0.15, 0.2) is 4.52 Å². The molecule has 0 radical (unpaired) electrons. The summed E-state index contributed by atoms with van der Waals surface area (Å²) in [6.45, 7) is 5.27. The van der Waals surface area contributed by atoms with Crippen molar-refractivity contribution in [3.63, 3.8) is 0 Å². The number of nitrogens with zero attached hydrogens (tertiary/aromatic N) is 2. The molecule has 0 aliphatic heterocycles. The van der Waals surface area contributed by atoms with E-state index in [2.05, 4.69) is 10.1 Å². The van der Waals surface area contributed by atoms with Crippen molar-refractivity contribution in [1.82, 2.24) is 10.1 Å². The van der Waals surface area contributed by atoms with Crippen LogP contribution in [0.5, 0.6) is 0 Å². The molecule has 5 nitrogen and oxygen atoms in total. The van der Waals surface area contributed by atoms with Crippen LogP contribution in [-0.4, -0.2) is 23.4 Å². The molecule has 0 fully saturated rings. The average molecular weight is 199 g/mol. The molecule has 80 valence electrons. The van der Waals surface area contributed by atoms with E-state index >= 15 is 0 Å². The Morgan fingerprint density at radius 3 is 2.93 bits per heavy atom. The van der Waals surface area contributed by atoms with E-state index < -0.39 is 0 Å². The third kappa shape index (κ3) is 3.43. The number of aromatic nitrogens is 2. The second-order valence-corrected chi connectivity index (χ2v) is 3.14. The number of hydrogen-bond donors (Lipinski definition) is 1. The summed E-state index contributed by atoms with van der Waals surface area (Å²) in [6, 6.07) is -0.167. The normalized spacial score (nSPS) is 13.1. The van der Waals surface area contributed by atoms with Crippen molar-refractivity contribution < 1.29 is 9.26 Å². The molecule has 0 bridgehead atoms. The summed E-state index contributed by atoms with van der Waals surface area (Å²) in [5.74, 6) is 1.20.